The molecule has 4 nitrogen and oxygen atoms in total. The monoisotopic (exact) mass is 270 g/mol. The van der Waals surface area contributed by atoms with E-state index in [2.05, 4.69) is 15.2 Å². The lowest BCUT2D eigenvalue weighted by atomic mass is 10.4. The molecule has 0 aliphatic rings. The highest BCUT2D eigenvalue weighted by Gasteiger charge is 2.10. The predicted molar refractivity (Wildman–Crippen MR) is 64.1 cm³/mol. The third kappa shape index (κ3) is 1.57. The summed E-state index contributed by atoms with van der Waals surface area (Å²) >= 11 is 13.1. The zero-order valence-corrected chi connectivity index (χ0v) is 10.1. The van der Waals surface area contributed by atoms with Gasteiger partial charge >= 0.3 is 0 Å². The summed E-state index contributed by atoms with van der Waals surface area (Å²) in [6.45, 7) is 0. The molecule has 0 N–H and O–H groups in total. The molecular formula is C9H4Cl2N4S. The lowest BCUT2D eigenvalue weighted by Gasteiger charge is -1.95. The highest BCUT2D eigenvalue weighted by molar-refractivity contribution is 7.19. The van der Waals surface area contributed by atoms with Gasteiger partial charge in [-0.2, -0.15) is 0 Å². The first-order valence-corrected chi connectivity index (χ1v) is 5.93. The molecule has 0 unspecified atom stereocenters. The molecule has 0 aliphatic carbocycles. The Morgan fingerprint density at radius 2 is 2.06 bits per heavy atom. The molecule has 0 saturated heterocycles. The van der Waals surface area contributed by atoms with Gasteiger partial charge in [-0.1, -0.05) is 23.2 Å². The average Bonchev–Trinajstić information content (AvgIpc) is 2.83. The van der Waals surface area contributed by atoms with Crippen molar-refractivity contribution in [3.8, 4) is 10.7 Å². The molecule has 0 bridgehead atoms. The molecule has 0 aliphatic heterocycles. The van der Waals surface area contributed by atoms with Gasteiger partial charge in [-0.3, -0.25) is 4.40 Å². The van der Waals surface area contributed by atoms with Crippen molar-refractivity contribution in [3.63, 3.8) is 0 Å². The quantitative estimate of drug-likeness (QED) is 0.638. The fourth-order valence-electron chi connectivity index (χ4n) is 1.37. The second-order valence-electron chi connectivity index (χ2n) is 3.07. The average molecular weight is 271 g/mol. The molecule has 0 saturated carbocycles. The molecular weight excluding hydrogens is 267 g/mol. The molecule has 0 spiro atoms. The minimum absolute atomic E-state index is 0.399. The van der Waals surface area contributed by atoms with Crippen molar-refractivity contribution >= 4 is 40.2 Å². The smallest absolute Gasteiger partial charge is 0.179 e. The van der Waals surface area contributed by atoms with Gasteiger partial charge in [-0.15, -0.1) is 21.5 Å². The van der Waals surface area contributed by atoms with Gasteiger partial charge in [0.1, 0.15) is 11.5 Å². The van der Waals surface area contributed by atoms with Gasteiger partial charge in [0, 0.05) is 6.07 Å². The van der Waals surface area contributed by atoms with Crippen LogP contribution in [0, 0.1) is 0 Å². The van der Waals surface area contributed by atoms with Crippen LogP contribution in [0.4, 0.5) is 0 Å². The maximum atomic E-state index is 5.88. The first-order valence-electron chi connectivity index (χ1n) is 4.36. The Balaban J connectivity index is 2.25. The van der Waals surface area contributed by atoms with E-state index in [1.54, 1.807) is 16.8 Å². The Morgan fingerprint density at radius 3 is 2.81 bits per heavy atom. The molecule has 3 rings (SSSR count). The Morgan fingerprint density at radius 1 is 1.19 bits per heavy atom. The third-order valence-electron chi connectivity index (χ3n) is 2.06. The van der Waals surface area contributed by atoms with Crippen LogP contribution in [0.5, 0.6) is 0 Å². The van der Waals surface area contributed by atoms with Crippen molar-refractivity contribution in [2.45, 2.75) is 0 Å². The summed E-state index contributed by atoms with van der Waals surface area (Å²) in [6, 6.07) is 5.39. The largest absolute Gasteiger partial charge is 0.264 e. The number of fused-ring (bicyclic) bond motifs is 1. The molecule has 7 heteroatoms. The lowest BCUT2D eigenvalue weighted by molar-refractivity contribution is 1.08. The highest BCUT2D eigenvalue weighted by atomic mass is 35.5. The third-order valence-corrected chi connectivity index (χ3v) is 3.49. The number of nitrogens with zero attached hydrogens (tertiary/aromatic N) is 4. The molecule has 0 radical (unpaired) electrons. The Bertz CT molecular complexity index is 660. The van der Waals surface area contributed by atoms with Crippen LogP contribution in [0.1, 0.15) is 0 Å². The van der Waals surface area contributed by atoms with Crippen LogP contribution in [0.25, 0.3) is 16.3 Å². The number of rotatable bonds is 1. The van der Waals surface area contributed by atoms with Crippen molar-refractivity contribution in [2.24, 2.45) is 0 Å². The number of halogens is 2. The molecule has 0 fully saturated rings. The second kappa shape index (κ2) is 3.69. The molecule has 0 atom stereocenters. The zero-order chi connectivity index (χ0) is 11.1. The van der Waals surface area contributed by atoms with E-state index in [4.69, 9.17) is 23.2 Å². The fraction of sp³-hybridized carbons (Fsp3) is 0. The van der Waals surface area contributed by atoms with Crippen LogP contribution in [-0.2, 0) is 0 Å². The van der Waals surface area contributed by atoms with E-state index in [0.717, 1.165) is 10.7 Å². The molecule has 3 heterocycles. The van der Waals surface area contributed by atoms with Gasteiger partial charge < -0.3 is 0 Å². The van der Waals surface area contributed by atoms with Gasteiger partial charge in [0.05, 0.1) is 9.21 Å². The SMILES string of the molecule is Clc1cc2nnc(-c3ccc(Cl)s3)n2cn1. The van der Waals surface area contributed by atoms with Gasteiger partial charge in [-0.25, -0.2) is 4.98 Å². The van der Waals surface area contributed by atoms with E-state index in [1.165, 1.54) is 11.3 Å². The van der Waals surface area contributed by atoms with Crippen LogP contribution in [0.15, 0.2) is 24.5 Å². The van der Waals surface area contributed by atoms with Crippen LogP contribution >= 0.6 is 34.5 Å². The van der Waals surface area contributed by atoms with Crippen LogP contribution in [0.3, 0.4) is 0 Å². The van der Waals surface area contributed by atoms with E-state index in [0.29, 0.717) is 15.1 Å². The molecule has 3 aromatic rings. The molecule has 0 amide bonds. The number of hydrogen-bond donors (Lipinski definition) is 0. The number of aromatic nitrogens is 4. The molecule has 16 heavy (non-hydrogen) atoms. The zero-order valence-electron chi connectivity index (χ0n) is 7.76. The van der Waals surface area contributed by atoms with E-state index in [1.807, 2.05) is 12.1 Å². The standard InChI is InChI=1S/C9H4Cl2N4S/c10-6-3-8-13-14-9(15(8)4-12-6)5-1-2-7(11)16-5/h1-4H. The Labute approximate surface area is 104 Å². The Hall–Kier alpha value is -1.17. The van der Waals surface area contributed by atoms with Crippen LogP contribution in [-0.4, -0.2) is 19.6 Å². The van der Waals surface area contributed by atoms with Crippen LogP contribution in [0.2, 0.25) is 9.49 Å². The second-order valence-corrected chi connectivity index (χ2v) is 5.17. The van der Waals surface area contributed by atoms with E-state index in [-0.39, 0.29) is 0 Å². The maximum Gasteiger partial charge on any atom is 0.179 e. The summed E-state index contributed by atoms with van der Waals surface area (Å²) in [5.41, 5.74) is 0.666. The van der Waals surface area contributed by atoms with Gasteiger partial charge in [0.25, 0.3) is 0 Å². The van der Waals surface area contributed by atoms with E-state index in [9.17, 15) is 0 Å². The first-order chi connectivity index (χ1) is 7.74. The molecule has 80 valence electrons. The number of hydrogen-bond acceptors (Lipinski definition) is 4. The summed E-state index contributed by atoms with van der Waals surface area (Å²) < 4.78 is 2.49. The van der Waals surface area contributed by atoms with Crippen LogP contribution < -0.4 is 0 Å². The lowest BCUT2D eigenvalue weighted by Crippen LogP contribution is -1.89. The summed E-state index contributed by atoms with van der Waals surface area (Å²) in [6.07, 6.45) is 1.60. The van der Waals surface area contributed by atoms with Gasteiger partial charge in [0.15, 0.2) is 11.5 Å². The predicted octanol–water partition coefficient (Wildman–Crippen LogP) is 3.16. The summed E-state index contributed by atoms with van der Waals surface area (Å²) in [5.74, 6) is 0.719. The number of thiophene rings is 1. The van der Waals surface area contributed by atoms with E-state index < -0.39 is 0 Å². The fourth-order valence-corrected chi connectivity index (χ4v) is 2.54. The summed E-state index contributed by atoms with van der Waals surface area (Å²) in [7, 11) is 0. The Kier molecular flexibility index (Phi) is 2.31. The van der Waals surface area contributed by atoms with Crippen molar-refractivity contribution < 1.29 is 0 Å². The van der Waals surface area contributed by atoms with Crippen molar-refractivity contribution in [2.75, 3.05) is 0 Å². The van der Waals surface area contributed by atoms with Crippen molar-refractivity contribution in [1.29, 1.82) is 0 Å². The normalized spacial score (nSPS) is 11.1. The highest BCUT2D eigenvalue weighted by Crippen LogP contribution is 2.29. The maximum absolute atomic E-state index is 5.88. The first kappa shape index (κ1) is 10.0. The minimum Gasteiger partial charge on any atom is -0.264 e. The summed E-state index contributed by atoms with van der Waals surface area (Å²) in [4.78, 5) is 4.94. The topological polar surface area (TPSA) is 43.1 Å². The van der Waals surface area contributed by atoms with Crippen molar-refractivity contribution in [1.82, 2.24) is 19.6 Å². The minimum atomic E-state index is 0.399. The molecule has 0 aromatic carbocycles. The van der Waals surface area contributed by atoms with Gasteiger partial charge in [0.2, 0.25) is 0 Å². The van der Waals surface area contributed by atoms with Gasteiger partial charge in [-0.05, 0) is 12.1 Å². The van der Waals surface area contributed by atoms with E-state index >= 15 is 0 Å². The summed E-state index contributed by atoms with van der Waals surface area (Å²) in [5, 5.41) is 8.50. The molecule has 3 aromatic heterocycles. The van der Waals surface area contributed by atoms with Crippen molar-refractivity contribution in [3.05, 3.63) is 34.0 Å².